The van der Waals surface area contributed by atoms with Crippen LogP contribution in [0.2, 0.25) is 0 Å². The van der Waals surface area contributed by atoms with Gasteiger partial charge in [-0.1, -0.05) is 11.3 Å². The molecule has 4 rings (SSSR count). The zero-order valence-corrected chi connectivity index (χ0v) is 21.7. The number of nitrogens with one attached hydrogen (secondary N) is 2. The minimum absolute atomic E-state index is 0.222. The van der Waals surface area contributed by atoms with Crippen LogP contribution in [0.25, 0.3) is 27.5 Å². The minimum Gasteiger partial charge on any atom is -0.444 e. The van der Waals surface area contributed by atoms with Crippen molar-refractivity contribution >= 4 is 28.6 Å². The Kier molecular flexibility index (Phi) is 7.02. The van der Waals surface area contributed by atoms with Crippen molar-refractivity contribution in [2.45, 2.75) is 59.6 Å². The highest BCUT2D eigenvalue weighted by Crippen LogP contribution is 2.33. The molecule has 184 valence electrons. The maximum atomic E-state index is 11.9. The Hall–Kier alpha value is -3.53. The summed E-state index contributed by atoms with van der Waals surface area (Å²) in [5.74, 6) is 0. The standard InChI is InChI=1S/C25H31N7O2S/c1-15(2)29-19-12-20(21-8-7-17-11-16(3)13-28-32(17)21)27-14-18(19)23-31-30-22(35-23)9-10-26-24(33)34-25(4,5)6/h7-8,11-15H,9-10H2,1-6H3,(H,26,33)(H,27,29). The van der Waals surface area contributed by atoms with Crippen LogP contribution in [0.5, 0.6) is 0 Å². The van der Waals surface area contributed by atoms with E-state index in [1.807, 2.05) is 62.8 Å². The van der Waals surface area contributed by atoms with Gasteiger partial charge < -0.3 is 15.4 Å². The van der Waals surface area contributed by atoms with Crippen molar-refractivity contribution in [2.75, 3.05) is 11.9 Å². The first kappa shape index (κ1) is 24.6. The fourth-order valence-electron chi connectivity index (χ4n) is 3.54. The van der Waals surface area contributed by atoms with E-state index in [1.54, 1.807) is 0 Å². The average Bonchev–Trinajstić information content (AvgIpc) is 3.39. The number of fused-ring (bicyclic) bond motifs is 1. The van der Waals surface area contributed by atoms with E-state index < -0.39 is 11.7 Å². The van der Waals surface area contributed by atoms with Gasteiger partial charge in [0.2, 0.25) is 0 Å². The number of hydrogen-bond acceptors (Lipinski definition) is 8. The third-order valence-electron chi connectivity index (χ3n) is 4.95. The molecule has 1 amide bonds. The number of carbonyl (C=O) groups excluding carboxylic acids is 1. The van der Waals surface area contributed by atoms with Crippen molar-refractivity contribution in [3.05, 3.63) is 47.2 Å². The van der Waals surface area contributed by atoms with Crippen LogP contribution in [-0.4, -0.2) is 49.1 Å². The molecule has 35 heavy (non-hydrogen) atoms. The molecule has 0 aliphatic rings. The van der Waals surface area contributed by atoms with Crippen LogP contribution in [-0.2, 0) is 11.2 Å². The molecule has 4 aromatic rings. The van der Waals surface area contributed by atoms with Crippen LogP contribution in [0.1, 0.15) is 45.2 Å². The van der Waals surface area contributed by atoms with E-state index in [-0.39, 0.29) is 6.04 Å². The second kappa shape index (κ2) is 9.99. The number of alkyl carbamates (subject to hydrolysis) is 1. The maximum Gasteiger partial charge on any atom is 0.407 e. The van der Waals surface area contributed by atoms with Crippen LogP contribution in [0.4, 0.5) is 10.5 Å². The second-order valence-electron chi connectivity index (χ2n) is 9.68. The average molecular weight is 494 g/mol. The molecule has 0 saturated carbocycles. The van der Waals surface area contributed by atoms with Crippen molar-refractivity contribution in [3.8, 4) is 22.0 Å². The van der Waals surface area contributed by atoms with E-state index in [2.05, 4.69) is 45.8 Å². The van der Waals surface area contributed by atoms with E-state index in [4.69, 9.17) is 9.72 Å². The number of aromatic nitrogens is 5. The molecule has 0 aromatic carbocycles. The van der Waals surface area contributed by atoms with Gasteiger partial charge in [-0.2, -0.15) is 5.10 Å². The van der Waals surface area contributed by atoms with Crippen LogP contribution in [0, 0.1) is 6.92 Å². The number of rotatable bonds is 7. The summed E-state index contributed by atoms with van der Waals surface area (Å²) in [6.45, 7) is 12.1. The Morgan fingerprint density at radius 2 is 1.97 bits per heavy atom. The number of pyridine rings is 1. The molecule has 0 radical (unpaired) electrons. The molecular weight excluding hydrogens is 462 g/mol. The highest BCUT2D eigenvalue weighted by Gasteiger charge is 2.18. The first-order valence-electron chi connectivity index (χ1n) is 11.6. The molecule has 0 saturated heterocycles. The van der Waals surface area contributed by atoms with Crippen molar-refractivity contribution in [2.24, 2.45) is 0 Å². The molecule has 2 N–H and O–H groups in total. The van der Waals surface area contributed by atoms with Crippen LogP contribution in [0.3, 0.4) is 0 Å². The molecule has 9 nitrogen and oxygen atoms in total. The summed E-state index contributed by atoms with van der Waals surface area (Å²) in [7, 11) is 0. The van der Waals surface area contributed by atoms with Crippen LogP contribution >= 0.6 is 11.3 Å². The molecule has 0 bridgehead atoms. The Morgan fingerprint density at radius 3 is 2.71 bits per heavy atom. The summed E-state index contributed by atoms with van der Waals surface area (Å²) in [5, 5.41) is 21.1. The molecule has 0 atom stereocenters. The van der Waals surface area contributed by atoms with Gasteiger partial charge in [0.1, 0.15) is 10.6 Å². The second-order valence-corrected chi connectivity index (χ2v) is 10.7. The number of hydrogen-bond donors (Lipinski definition) is 2. The monoisotopic (exact) mass is 493 g/mol. The van der Waals surface area contributed by atoms with Gasteiger partial charge in [0.05, 0.1) is 28.7 Å². The van der Waals surface area contributed by atoms with E-state index in [0.717, 1.165) is 43.7 Å². The lowest BCUT2D eigenvalue weighted by Crippen LogP contribution is -2.33. The van der Waals surface area contributed by atoms with Crippen molar-refractivity contribution in [1.82, 2.24) is 30.1 Å². The van der Waals surface area contributed by atoms with Gasteiger partial charge in [-0.15, -0.1) is 10.2 Å². The summed E-state index contributed by atoms with van der Waals surface area (Å²) in [4.78, 5) is 16.6. The normalized spacial score (nSPS) is 11.7. The number of nitrogens with zero attached hydrogens (tertiary/aromatic N) is 5. The summed E-state index contributed by atoms with van der Waals surface area (Å²) in [6, 6.07) is 8.42. The van der Waals surface area contributed by atoms with E-state index in [0.29, 0.717) is 13.0 Å². The van der Waals surface area contributed by atoms with Gasteiger partial charge in [-0.25, -0.2) is 9.31 Å². The molecule has 0 fully saturated rings. The molecule has 0 aliphatic heterocycles. The largest absolute Gasteiger partial charge is 0.444 e. The Bertz CT molecular complexity index is 1340. The molecule has 0 aliphatic carbocycles. The number of anilines is 1. The minimum atomic E-state index is -0.527. The lowest BCUT2D eigenvalue weighted by molar-refractivity contribution is 0.0528. The molecule has 0 unspecified atom stereocenters. The van der Waals surface area contributed by atoms with E-state index in [9.17, 15) is 4.79 Å². The number of carbonyl (C=O) groups is 1. The highest BCUT2D eigenvalue weighted by molar-refractivity contribution is 7.14. The highest BCUT2D eigenvalue weighted by atomic mass is 32.1. The number of aryl methyl sites for hydroxylation is 1. The van der Waals surface area contributed by atoms with Crippen molar-refractivity contribution in [1.29, 1.82) is 0 Å². The third kappa shape index (κ3) is 6.13. The van der Waals surface area contributed by atoms with Gasteiger partial charge in [0.25, 0.3) is 0 Å². The summed E-state index contributed by atoms with van der Waals surface area (Å²) in [5.41, 5.74) is 5.17. The maximum absolute atomic E-state index is 11.9. The predicted octanol–water partition coefficient (Wildman–Crippen LogP) is 5.11. The fraction of sp³-hybridized carbons (Fsp3) is 0.400. The Morgan fingerprint density at radius 1 is 1.17 bits per heavy atom. The molecule has 4 aromatic heterocycles. The van der Waals surface area contributed by atoms with Gasteiger partial charge in [0.15, 0.2) is 5.01 Å². The first-order chi connectivity index (χ1) is 16.6. The molecular formula is C25H31N7O2S. The Labute approximate surface area is 209 Å². The van der Waals surface area contributed by atoms with Gasteiger partial charge in [-0.05, 0) is 71.4 Å². The molecule has 0 spiro atoms. The zero-order chi connectivity index (χ0) is 25.2. The lowest BCUT2D eigenvalue weighted by atomic mass is 10.1. The Balaban J connectivity index is 1.55. The predicted molar refractivity (Wildman–Crippen MR) is 139 cm³/mol. The smallest absolute Gasteiger partial charge is 0.407 e. The van der Waals surface area contributed by atoms with Crippen LogP contribution < -0.4 is 10.6 Å². The molecule has 10 heteroatoms. The third-order valence-corrected chi connectivity index (χ3v) is 5.97. The van der Waals surface area contributed by atoms with E-state index >= 15 is 0 Å². The first-order valence-corrected chi connectivity index (χ1v) is 12.4. The number of amides is 1. The van der Waals surface area contributed by atoms with Crippen LogP contribution in [0.15, 0.2) is 36.7 Å². The molecule has 4 heterocycles. The quantitative estimate of drug-likeness (QED) is 0.368. The van der Waals surface area contributed by atoms with Gasteiger partial charge >= 0.3 is 6.09 Å². The van der Waals surface area contributed by atoms with Gasteiger partial charge in [0, 0.05) is 30.9 Å². The fourth-order valence-corrected chi connectivity index (χ4v) is 4.40. The van der Waals surface area contributed by atoms with Gasteiger partial charge in [-0.3, -0.25) is 4.98 Å². The SMILES string of the molecule is Cc1cnn2c(-c3cc(NC(C)C)c(-c4nnc(CCNC(=O)OC(C)(C)C)s4)cn3)ccc2c1. The zero-order valence-electron chi connectivity index (χ0n) is 20.9. The summed E-state index contributed by atoms with van der Waals surface area (Å²) >= 11 is 1.49. The van der Waals surface area contributed by atoms with Crippen molar-refractivity contribution in [3.63, 3.8) is 0 Å². The lowest BCUT2D eigenvalue weighted by Gasteiger charge is -2.19. The number of ether oxygens (including phenoxy) is 1. The summed E-state index contributed by atoms with van der Waals surface area (Å²) < 4.78 is 7.17. The van der Waals surface area contributed by atoms with E-state index in [1.165, 1.54) is 11.3 Å². The van der Waals surface area contributed by atoms with Crippen molar-refractivity contribution < 1.29 is 9.53 Å². The summed E-state index contributed by atoms with van der Waals surface area (Å²) in [6.07, 6.45) is 3.81. The topological polar surface area (TPSA) is 106 Å².